The first-order valence-electron chi connectivity index (χ1n) is 0. The Labute approximate surface area is 59.5 Å². The molecule has 1 unspecified atom stereocenters. The van der Waals surface area contributed by atoms with E-state index in [-0.39, 0.29) is 59.7 Å². The van der Waals surface area contributed by atoms with Crippen molar-refractivity contribution in [3.05, 3.63) is 0 Å². The number of hydrogen-bond donors (Lipinski definition) is 0. The van der Waals surface area contributed by atoms with E-state index in [2.05, 4.69) is 0 Å². The van der Waals surface area contributed by atoms with Crippen molar-refractivity contribution < 1.29 is 36.3 Å². The van der Waals surface area contributed by atoms with Crippen LogP contribution in [0.2, 0.25) is 0 Å². The molecule has 27 valence electrons. The van der Waals surface area contributed by atoms with E-state index in [0.717, 1.165) is 0 Å². The molecule has 0 saturated heterocycles. The summed E-state index contributed by atoms with van der Waals surface area (Å²) in [5, 5.41) is 0. The molecule has 0 amide bonds. The first kappa shape index (κ1) is 39.1. The Hall–Kier alpha value is 1.91. The molecular formula is H5CoPSZn. The molecule has 0 aromatic carbocycles. The van der Waals surface area contributed by atoms with Crippen molar-refractivity contribution >= 4 is 23.4 Å². The summed E-state index contributed by atoms with van der Waals surface area (Å²) in [7, 11) is 0. The third kappa shape index (κ3) is 9.08. The molecule has 0 fully saturated rings. The Morgan fingerprint density at radius 2 is 1.00 bits per heavy atom. The summed E-state index contributed by atoms with van der Waals surface area (Å²) in [6.45, 7) is 0. The van der Waals surface area contributed by atoms with Crippen LogP contribution in [0.3, 0.4) is 0 Å². The summed E-state index contributed by atoms with van der Waals surface area (Å²) >= 11 is 0. The molecule has 0 aliphatic carbocycles. The van der Waals surface area contributed by atoms with Gasteiger partial charge >= 0.3 is 0 Å². The van der Waals surface area contributed by atoms with Gasteiger partial charge in [-0.2, -0.15) is 23.4 Å². The predicted molar refractivity (Wildman–Crippen MR) is 21.5 cm³/mol. The van der Waals surface area contributed by atoms with Gasteiger partial charge in [0.1, 0.15) is 0 Å². The van der Waals surface area contributed by atoms with Crippen molar-refractivity contribution in [3.63, 3.8) is 0 Å². The minimum atomic E-state index is 0. The van der Waals surface area contributed by atoms with E-state index in [9.17, 15) is 0 Å². The van der Waals surface area contributed by atoms with Gasteiger partial charge in [0.25, 0.3) is 0 Å². The summed E-state index contributed by atoms with van der Waals surface area (Å²) in [5.74, 6) is 0. The largest absolute Gasteiger partial charge is 0.197 e. The smallest absolute Gasteiger partial charge is 0 e. The molecule has 4 heavy (non-hydrogen) atoms. The molecule has 0 heterocycles. The van der Waals surface area contributed by atoms with Crippen molar-refractivity contribution in [2.45, 2.75) is 0 Å². The van der Waals surface area contributed by atoms with Crippen molar-refractivity contribution in [1.29, 1.82) is 0 Å². The van der Waals surface area contributed by atoms with E-state index >= 15 is 0 Å². The second-order valence-corrected chi connectivity index (χ2v) is 0. The fourth-order valence-electron chi connectivity index (χ4n) is 0. The summed E-state index contributed by atoms with van der Waals surface area (Å²) in [6.07, 6.45) is 0. The monoisotopic (exact) mass is 191 g/mol. The molecule has 0 nitrogen and oxygen atoms in total. The Morgan fingerprint density at radius 3 is 1.00 bits per heavy atom. The fourth-order valence-corrected chi connectivity index (χ4v) is 0. The molecule has 0 bridgehead atoms. The Bertz CT molecular complexity index is 8.00. The zero-order valence-corrected chi connectivity index (χ0v) is 8.67. The fraction of sp³-hybridized carbons (Fsp3) is 0. The van der Waals surface area contributed by atoms with E-state index in [1.807, 2.05) is 0 Å². The van der Waals surface area contributed by atoms with Crippen LogP contribution in [-0.4, -0.2) is 0 Å². The van der Waals surface area contributed by atoms with Crippen LogP contribution in [0, 0.1) is 0 Å². The summed E-state index contributed by atoms with van der Waals surface area (Å²) < 4.78 is 0. The van der Waals surface area contributed by atoms with Gasteiger partial charge in [0.15, 0.2) is 0 Å². The predicted octanol–water partition coefficient (Wildman–Crippen LogP) is 0.166. The maximum absolute atomic E-state index is 0. The molecule has 0 saturated carbocycles. The van der Waals surface area contributed by atoms with Crippen LogP contribution >= 0.6 is 23.4 Å². The maximum Gasteiger partial charge on any atom is 0 e. The van der Waals surface area contributed by atoms with Gasteiger partial charge < -0.3 is 0 Å². The summed E-state index contributed by atoms with van der Waals surface area (Å²) in [5.41, 5.74) is 0. The first-order valence-corrected chi connectivity index (χ1v) is 0. The molecule has 0 aromatic rings. The Kier molecular flexibility index (Phi) is 201. The van der Waals surface area contributed by atoms with Gasteiger partial charge in [0.05, 0.1) is 0 Å². The quantitative estimate of drug-likeness (QED) is 0.379. The number of rotatable bonds is 0. The van der Waals surface area contributed by atoms with Gasteiger partial charge in [-0.05, 0) is 0 Å². The second-order valence-electron chi connectivity index (χ2n) is 0. The average molecular weight is 192 g/mol. The van der Waals surface area contributed by atoms with Crippen LogP contribution in [0.1, 0.15) is 0 Å². The second kappa shape index (κ2) is 20.6. The average Bonchev–Trinajstić information content (AvgIpc) is 0. The van der Waals surface area contributed by atoms with Gasteiger partial charge in [-0.25, -0.2) is 0 Å². The van der Waals surface area contributed by atoms with Crippen molar-refractivity contribution in [1.82, 2.24) is 0 Å². The van der Waals surface area contributed by atoms with E-state index in [0.29, 0.717) is 0 Å². The molecule has 0 N–H and O–H groups in total. The van der Waals surface area contributed by atoms with Crippen LogP contribution in [-0.2, 0) is 36.3 Å². The van der Waals surface area contributed by atoms with Crippen LogP contribution in [0.4, 0.5) is 0 Å². The summed E-state index contributed by atoms with van der Waals surface area (Å²) in [6, 6.07) is 0. The molecule has 0 aliphatic rings. The van der Waals surface area contributed by atoms with Crippen LogP contribution < -0.4 is 0 Å². The van der Waals surface area contributed by atoms with Crippen LogP contribution in [0.25, 0.3) is 0 Å². The van der Waals surface area contributed by atoms with Crippen LogP contribution in [0.5, 0.6) is 0 Å². The van der Waals surface area contributed by atoms with E-state index in [1.165, 1.54) is 0 Å². The molecule has 0 rings (SSSR count). The Morgan fingerprint density at radius 1 is 1.00 bits per heavy atom. The van der Waals surface area contributed by atoms with E-state index in [4.69, 9.17) is 0 Å². The standard InChI is InChI=1S/Co.H3P.H2S.Zn/h;1H3;1H2;. The third-order valence-electron chi connectivity index (χ3n) is 0. The third-order valence-corrected chi connectivity index (χ3v) is 0. The van der Waals surface area contributed by atoms with Crippen LogP contribution in [0.15, 0.2) is 0 Å². The Balaban J connectivity index is 0. The van der Waals surface area contributed by atoms with Crippen molar-refractivity contribution in [2.75, 3.05) is 0 Å². The van der Waals surface area contributed by atoms with Gasteiger partial charge in [0, 0.05) is 36.3 Å². The molecule has 0 aliphatic heterocycles. The van der Waals surface area contributed by atoms with Gasteiger partial charge in [0.2, 0.25) is 0 Å². The van der Waals surface area contributed by atoms with Gasteiger partial charge in [-0.1, -0.05) is 0 Å². The van der Waals surface area contributed by atoms with Crippen molar-refractivity contribution in [3.8, 4) is 0 Å². The first-order chi connectivity index (χ1) is 0. The normalized spacial score (nSPS) is 0. The van der Waals surface area contributed by atoms with Crippen molar-refractivity contribution in [2.24, 2.45) is 0 Å². The topological polar surface area (TPSA) is 0 Å². The maximum atomic E-state index is 0. The summed E-state index contributed by atoms with van der Waals surface area (Å²) in [4.78, 5) is 0. The molecule has 1 radical (unpaired) electrons. The molecule has 0 spiro atoms. The SMILES string of the molecule is P.S.[Co].[Zn]. The van der Waals surface area contributed by atoms with Gasteiger partial charge in [-0.15, -0.1) is 0 Å². The number of hydrogen-bond acceptors (Lipinski definition) is 0. The zero-order chi connectivity index (χ0) is 0. The zero-order valence-electron chi connectivity index (χ0n) is 2.25. The molecular weight excluding hydrogens is 187 g/mol. The minimum Gasteiger partial charge on any atom is -0.197 e. The molecule has 1 atom stereocenters. The van der Waals surface area contributed by atoms with Gasteiger partial charge in [-0.3, -0.25) is 0 Å². The molecule has 4 heteroatoms. The molecule has 0 aromatic heterocycles. The minimum absolute atomic E-state index is 0. The van der Waals surface area contributed by atoms with E-state index in [1.54, 1.807) is 0 Å². The van der Waals surface area contributed by atoms with E-state index < -0.39 is 0 Å².